The Bertz CT molecular complexity index is 851. The molecule has 2 aromatic rings. The third-order valence-electron chi connectivity index (χ3n) is 5.32. The largest absolute Gasteiger partial charge is 0.434 e. The highest BCUT2D eigenvalue weighted by molar-refractivity contribution is 5.97. The number of carbonyl (C=O) groups is 1. The first-order valence-electron chi connectivity index (χ1n) is 9.52. The number of hydrogen-bond acceptors (Lipinski definition) is 4. The molecule has 4 rings (SSSR count). The van der Waals surface area contributed by atoms with Gasteiger partial charge in [-0.1, -0.05) is 30.3 Å². The molecule has 1 fully saturated rings. The van der Waals surface area contributed by atoms with Gasteiger partial charge in [0.2, 0.25) is 0 Å². The molecule has 28 heavy (non-hydrogen) atoms. The van der Waals surface area contributed by atoms with Crippen LogP contribution in [0.25, 0.3) is 0 Å². The van der Waals surface area contributed by atoms with Crippen molar-refractivity contribution in [3.05, 3.63) is 59.2 Å². The van der Waals surface area contributed by atoms with Crippen molar-refractivity contribution in [2.45, 2.75) is 19.6 Å². The van der Waals surface area contributed by atoms with Crippen molar-refractivity contribution >= 4 is 11.6 Å². The Balaban J connectivity index is 1.38. The van der Waals surface area contributed by atoms with E-state index < -0.39 is 6.61 Å². The lowest BCUT2D eigenvalue weighted by molar-refractivity contribution is -0.0503. The van der Waals surface area contributed by atoms with Crippen LogP contribution in [-0.2, 0) is 13.0 Å². The van der Waals surface area contributed by atoms with E-state index in [2.05, 4.69) is 33.2 Å². The minimum Gasteiger partial charge on any atom is -0.434 e. The first-order valence-corrected chi connectivity index (χ1v) is 9.52. The molecule has 0 radical (unpaired) electrons. The Morgan fingerprint density at radius 1 is 1.07 bits per heavy atom. The maximum absolute atomic E-state index is 12.8. The summed E-state index contributed by atoms with van der Waals surface area (Å²) in [6.07, 6.45) is 1.06. The minimum atomic E-state index is -2.95. The second-order valence-corrected chi connectivity index (χ2v) is 7.07. The Kier molecular flexibility index (Phi) is 5.43. The van der Waals surface area contributed by atoms with E-state index in [0.29, 0.717) is 13.1 Å². The van der Waals surface area contributed by atoms with Crippen molar-refractivity contribution in [1.29, 1.82) is 0 Å². The smallest absolute Gasteiger partial charge is 0.387 e. The molecular formula is C21H23F2N3O2. The Labute approximate surface area is 162 Å². The fourth-order valence-electron chi connectivity index (χ4n) is 3.91. The van der Waals surface area contributed by atoms with Crippen molar-refractivity contribution in [1.82, 2.24) is 9.80 Å². The lowest BCUT2D eigenvalue weighted by Gasteiger charge is -2.35. The summed E-state index contributed by atoms with van der Waals surface area (Å²) >= 11 is 0. The molecule has 5 nitrogen and oxygen atoms in total. The summed E-state index contributed by atoms with van der Waals surface area (Å²) in [5.74, 6) is -0.339. The van der Waals surface area contributed by atoms with Gasteiger partial charge >= 0.3 is 6.61 Å². The molecule has 2 aromatic carbocycles. The van der Waals surface area contributed by atoms with Crippen molar-refractivity contribution in [3.63, 3.8) is 0 Å². The van der Waals surface area contributed by atoms with Gasteiger partial charge < -0.3 is 15.0 Å². The van der Waals surface area contributed by atoms with Gasteiger partial charge in [0, 0.05) is 45.0 Å². The molecule has 0 atom stereocenters. The van der Waals surface area contributed by atoms with Crippen LogP contribution in [-0.4, -0.2) is 55.0 Å². The third kappa shape index (κ3) is 3.94. The van der Waals surface area contributed by atoms with E-state index in [1.807, 2.05) is 0 Å². The van der Waals surface area contributed by atoms with Gasteiger partial charge in [-0.3, -0.25) is 9.69 Å². The number of halogens is 2. The molecule has 1 saturated heterocycles. The normalized spacial score (nSPS) is 16.8. The van der Waals surface area contributed by atoms with Crippen LogP contribution in [0, 0.1) is 0 Å². The van der Waals surface area contributed by atoms with E-state index in [1.54, 1.807) is 17.0 Å². The average molecular weight is 387 g/mol. The standard InChI is InChI=1S/C21H23F2N3O2/c22-21(23)28-18-7-2-1-6-17(18)20(27)26-12-10-25(11-13-26)14-16-5-3-4-15-8-9-24-19(15)16/h1-7,21,24H,8-14H2. The molecule has 0 aromatic heterocycles. The number of nitrogens with zero attached hydrogens (tertiary/aromatic N) is 2. The summed E-state index contributed by atoms with van der Waals surface area (Å²) in [5.41, 5.74) is 4.08. The maximum Gasteiger partial charge on any atom is 0.387 e. The van der Waals surface area contributed by atoms with Gasteiger partial charge in [0.05, 0.1) is 5.56 Å². The number of rotatable bonds is 5. The van der Waals surface area contributed by atoms with Crippen LogP contribution in [0.3, 0.4) is 0 Å². The number of amides is 1. The number of hydrogen-bond donors (Lipinski definition) is 1. The lowest BCUT2D eigenvalue weighted by atomic mass is 10.1. The van der Waals surface area contributed by atoms with Crippen LogP contribution in [0.1, 0.15) is 21.5 Å². The number of alkyl halides is 2. The molecule has 148 valence electrons. The zero-order chi connectivity index (χ0) is 19.5. The molecule has 7 heteroatoms. The van der Waals surface area contributed by atoms with E-state index in [9.17, 15) is 13.6 Å². The monoisotopic (exact) mass is 387 g/mol. The molecule has 2 aliphatic heterocycles. The summed E-state index contributed by atoms with van der Waals surface area (Å²) in [6.45, 7) is 1.47. The molecular weight excluding hydrogens is 364 g/mol. The maximum atomic E-state index is 12.8. The van der Waals surface area contributed by atoms with E-state index in [1.165, 1.54) is 28.9 Å². The van der Waals surface area contributed by atoms with Crippen LogP contribution in [0.5, 0.6) is 5.75 Å². The summed E-state index contributed by atoms with van der Waals surface area (Å²) in [4.78, 5) is 16.8. The van der Waals surface area contributed by atoms with Crippen molar-refractivity contribution in [2.75, 3.05) is 38.0 Å². The molecule has 0 saturated carbocycles. The molecule has 0 bridgehead atoms. The highest BCUT2D eigenvalue weighted by Gasteiger charge is 2.26. The van der Waals surface area contributed by atoms with Crippen molar-refractivity contribution < 1.29 is 18.3 Å². The molecule has 0 unspecified atom stereocenters. The van der Waals surface area contributed by atoms with Crippen LogP contribution >= 0.6 is 0 Å². The number of benzene rings is 2. The highest BCUT2D eigenvalue weighted by atomic mass is 19.3. The zero-order valence-electron chi connectivity index (χ0n) is 15.5. The van der Waals surface area contributed by atoms with Gasteiger partial charge in [0.25, 0.3) is 5.91 Å². The number of anilines is 1. The third-order valence-corrected chi connectivity index (χ3v) is 5.32. The van der Waals surface area contributed by atoms with E-state index in [-0.39, 0.29) is 17.2 Å². The van der Waals surface area contributed by atoms with Crippen LogP contribution in [0.4, 0.5) is 14.5 Å². The summed E-state index contributed by atoms with van der Waals surface area (Å²) < 4.78 is 29.7. The number of carbonyl (C=O) groups excluding carboxylic acids is 1. The molecule has 1 amide bonds. The van der Waals surface area contributed by atoms with E-state index >= 15 is 0 Å². The predicted molar refractivity (Wildman–Crippen MR) is 103 cm³/mol. The van der Waals surface area contributed by atoms with E-state index in [4.69, 9.17) is 0 Å². The van der Waals surface area contributed by atoms with Gasteiger partial charge in [0.15, 0.2) is 0 Å². The van der Waals surface area contributed by atoms with Gasteiger partial charge in [-0.25, -0.2) is 0 Å². The van der Waals surface area contributed by atoms with Gasteiger partial charge in [-0.15, -0.1) is 0 Å². The number of piperazine rings is 1. The molecule has 0 aliphatic carbocycles. The van der Waals surface area contributed by atoms with Crippen molar-refractivity contribution in [3.8, 4) is 5.75 Å². The first kappa shape index (κ1) is 18.7. The molecule has 2 heterocycles. The summed E-state index contributed by atoms with van der Waals surface area (Å²) in [6, 6.07) is 12.6. The topological polar surface area (TPSA) is 44.8 Å². The predicted octanol–water partition coefficient (Wildman–Crippen LogP) is 3.21. The van der Waals surface area contributed by atoms with Crippen LogP contribution in [0.2, 0.25) is 0 Å². The summed E-state index contributed by atoms with van der Waals surface area (Å²) in [7, 11) is 0. The fraction of sp³-hybridized carbons (Fsp3) is 0.381. The lowest BCUT2D eigenvalue weighted by Crippen LogP contribution is -2.48. The minimum absolute atomic E-state index is 0.0733. The Morgan fingerprint density at radius 2 is 1.86 bits per heavy atom. The number of nitrogens with one attached hydrogen (secondary N) is 1. The van der Waals surface area contributed by atoms with Gasteiger partial charge in [0.1, 0.15) is 5.75 Å². The van der Waals surface area contributed by atoms with Crippen molar-refractivity contribution in [2.24, 2.45) is 0 Å². The SMILES string of the molecule is O=C(c1ccccc1OC(F)F)N1CCN(Cc2cccc3c2NCC3)CC1. The first-order chi connectivity index (χ1) is 13.6. The number of para-hydroxylation sites is 2. The van der Waals surface area contributed by atoms with Gasteiger partial charge in [-0.05, 0) is 29.7 Å². The second-order valence-electron chi connectivity index (χ2n) is 7.07. The van der Waals surface area contributed by atoms with Crippen LogP contribution in [0.15, 0.2) is 42.5 Å². The van der Waals surface area contributed by atoms with Gasteiger partial charge in [-0.2, -0.15) is 8.78 Å². The second kappa shape index (κ2) is 8.14. The highest BCUT2D eigenvalue weighted by Crippen LogP contribution is 2.28. The number of ether oxygens (including phenoxy) is 1. The van der Waals surface area contributed by atoms with Crippen LogP contribution < -0.4 is 10.1 Å². The Hall–Kier alpha value is -2.67. The van der Waals surface area contributed by atoms with E-state index in [0.717, 1.165) is 32.6 Å². The molecule has 2 aliphatic rings. The number of fused-ring (bicyclic) bond motifs is 1. The molecule has 0 spiro atoms. The molecule has 1 N–H and O–H groups in total. The fourth-order valence-corrected chi connectivity index (χ4v) is 3.91. The average Bonchev–Trinajstić information content (AvgIpc) is 3.18. The zero-order valence-corrected chi connectivity index (χ0v) is 15.5. The Morgan fingerprint density at radius 3 is 2.64 bits per heavy atom. The summed E-state index contributed by atoms with van der Waals surface area (Å²) in [5, 5.41) is 3.46. The quantitative estimate of drug-likeness (QED) is 0.856.